The first-order valence-corrected chi connectivity index (χ1v) is 5.72. The van der Waals surface area contributed by atoms with E-state index in [4.69, 9.17) is 4.74 Å². The highest BCUT2D eigenvalue weighted by Gasteiger charge is 2.32. The molecule has 0 fully saturated rings. The predicted molar refractivity (Wildman–Crippen MR) is 63.5 cm³/mol. The number of pyridine rings is 1. The number of ether oxygens (including phenoxy) is 1. The van der Waals surface area contributed by atoms with Crippen molar-refractivity contribution in [3.05, 3.63) is 52.6 Å². The number of rotatable bonds is 2. The quantitative estimate of drug-likeness (QED) is 0.804. The van der Waals surface area contributed by atoms with Crippen molar-refractivity contribution in [1.82, 2.24) is 4.98 Å². The Hall–Kier alpha value is -1.56. The Morgan fingerprint density at radius 3 is 2.44 bits per heavy atom. The Bertz CT molecular complexity index is 557. The molecule has 0 bridgehead atoms. The van der Waals surface area contributed by atoms with Gasteiger partial charge < -0.3 is 4.74 Å². The summed E-state index contributed by atoms with van der Waals surface area (Å²) >= 11 is 3.24. The van der Waals surface area contributed by atoms with Crippen molar-refractivity contribution in [1.29, 1.82) is 0 Å². The number of hydrogen-bond acceptors (Lipinski definition) is 2. The molecule has 0 spiro atoms. The summed E-state index contributed by atoms with van der Waals surface area (Å²) in [7, 11) is 0. The summed E-state index contributed by atoms with van der Waals surface area (Å²) in [6.45, 7) is 0. The van der Waals surface area contributed by atoms with E-state index in [1.54, 1.807) is 24.3 Å². The molecule has 0 radical (unpaired) electrons. The van der Waals surface area contributed by atoms with Crippen molar-refractivity contribution in [2.24, 2.45) is 0 Å². The largest absolute Gasteiger partial charge is 0.439 e. The summed E-state index contributed by atoms with van der Waals surface area (Å²) in [6.07, 6.45) is -4.48. The maximum atomic E-state index is 12.4. The summed E-state index contributed by atoms with van der Waals surface area (Å²) in [5, 5.41) is 0. The fraction of sp³-hybridized carbons (Fsp3) is 0.0833. The Balaban J connectivity index is 2.25. The minimum absolute atomic E-state index is 0.0945. The number of benzene rings is 1. The maximum Gasteiger partial charge on any atom is 0.433 e. The van der Waals surface area contributed by atoms with Crippen LogP contribution in [0.2, 0.25) is 0 Å². The Labute approximate surface area is 110 Å². The van der Waals surface area contributed by atoms with E-state index in [0.717, 1.165) is 10.5 Å². The molecule has 1 heterocycles. The van der Waals surface area contributed by atoms with E-state index < -0.39 is 11.9 Å². The molecule has 0 saturated heterocycles. The minimum Gasteiger partial charge on any atom is -0.439 e. The summed E-state index contributed by atoms with van der Waals surface area (Å²) in [5.74, 6) is 0.319. The van der Waals surface area contributed by atoms with Crippen molar-refractivity contribution in [2.75, 3.05) is 0 Å². The molecule has 0 aliphatic carbocycles. The van der Waals surface area contributed by atoms with E-state index in [1.165, 1.54) is 12.1 Å². The zero-order valence-electron chi connectivity index (χ0n) is 8.91. The normalized spacial score (nSPS) is 11.3. The van der Waals surface area contributed by atoms with Crippen molar-refractivity contribution < 1.29 is 17.9 Å². The number of alkyl halides is 3. The molecule has 0 amide bonds. The van der Waals surface area contributed by atoms with Crippen LogP contribution in [0.1, 0.15) is 5.69 Å². The zero-order valence-corrected chi connectivity index (χ0v) is 10.5. The summed E-state index contributed by atoms with van der Waals surface area (Å²) in [5.41, 5.74) is -0.977. The van der Waals surface area contributed by atoms with Crippen LogP contribution in [0, 0.1) is 0 Å². The van der Waals surface area contributed by atoms with E-state index >= 15 is 0 Å². The third-order valence-corrected chi connectivity index (χ3v) is 2.53. The molecule has 2 nitrogen and oxygen atoms in total. The Morgan fingerprint density at radius 1 is 1.06 bits per heavy atom. The maximum absolute atomic E-state index is 12.4. The van der Waals surface area contributed by atoms with Gasteiger partial charge in [-0.1, -0.05) is 28.1 Å². The number of halogens is 4. The van der Waals surface area contributed by atoms with Crippen LogP contribution in [-0.2, 0) is 6.18 Å². The second-order valence-corrected chi connectivity index (χ2v) is 4.33. The van der Waals surface area contributed by atoms with Gasteiger partial charge in [-0.15, -0.1) is 0 Å². The number of aromatic nitrogens is 1. The highest BCUT2D eigenvalue weighted by Crippen LogP contribution is 2.30. The molecule has 94 valence electrons. The van der Waals surface area contributed by atoms with Gasteiger partial charge >= 0.3 is 6.18 Å². The predicted octanol–water partition coefficient (Wildman–Crippen LogP) is 4.66. The Morgan fingerprint density at radius 2 is 1.78 bits per heavy atom. The molecular weight excluding hydrogens is 311 g/mol. The van der Waals surface area contributed by atoms with E-state index in [0.29, 0.717) is 5.75 Å². The molecule has 2 rings (SSSR count). The van der Waals surface area contributed by atoms with Crippen LogP contribution >= 0.6 is 15.9 Å². The van der Waals surface area contributed by atoms with Crippen molar-refractivity contribution >= 4 is 15.9 Å². The highest BCUT2D eigenvalue weighted by atomic mass is 79.9. The van der Waals surface area contributed by atoms with Gasteiger partial charge in [-0.2, -0.15) is 13.2 Å². The van der Waals surface area contributed by atoms with Gasteiger partial charge in [-0.05, 0) is 24.3 Å². The molecule has 1 aromatic carbocycles. The molecule has 0 aliphatic heterocycles. The number of hydrogen-bond donors (Lipinski definition) is 0. The van der Waals surface area contributed by atoms with Crippen LogP contribution < -0.4 is 4.74 Å². The first-order valence-electron chi connectivity index (χ1n) is 4.93. The van der Waals surface area contributed by atoms with Gasteiger partial charge in [0.2, 0.25) is 5.88 Å². The highest BCUT2D eigenvalue weighted by molar-refractivity contribution is 9.10. The minimum atomic E-state index is -4.48. The molecule has 18 heavy (non-hydrogen) atoms. The van der Waals surface area contributed by atoms with E-state index in [-0.39, 0.29) is 5.88 Å². The molecule has 0 N–H and O–H groups in total. The average Bonchev–Trinajstić information content (AvgIpc) is 2.28. The average molecular weight is 318 g/mol. The zero-order chi connectivity index (χ0) is 13.2. The second kappa shape index (κ2) is 4.97. The van der Waals surface area contributed by atoms with Crippen molar-refractivity contribution in [3.8, 4) is 11.6 Å². The molecule has 0 aliphatic rings. The molecule has 0 atom stereocenters. The molecular formula is C12H7BrF3NO. The summed E-state index contributed by atoms with van der Waals surface area (Å²) < 4.78 is 43.4. The van der Waals surface area contributed by atoms with Crippen molar-refractivity contribution in [2.45, 2.75) is 6.18 Å². The van der Waals surface area contributed by atoms with Crippen LogP contribution in [0.4, 0.5) is 13.2 Å². The summed E-state index contributed by atoms with van der Waals surface area (Å²) in [4.78, 5) is 3.41. The van der Waals surface area contributed by atoms with Crippen LogP contribution in [0.5, 0.6) is 11.6 Å². The topological polar surface area (TPSA) is 22.1 Å². The lowest BCUT2D eigenvalue weighted by atomic mass is 10.3. The third-order valence-electron chi connectivity index (χ3n) is 2.03. The van der Waals surface area contributed by atoms with Gasteiger partial charge in [0.05, 0.1) is 0 Å². The van der Waals surface area contributed by atoms with Crippen LogP contribution in [0.25, 0.3) is 0 Å². The molecule has 2 aromatic rings. The van der Waals surface area contributed by atoms with Gasteiger partial charge in [0, 0.05) is 10.5 Å². The monoisotopic (exact) mass is 317 g/mol. The second-order valence-electron chi connectivity index (χ2n) is 3.42. The summed E-state index contributed by atoms with van der Waals surface area (Å²) in [6, 6.07) is 10.3. The SMILES string of the molecule is FC(F)(F)c1cccc(Oc2cccc(Br)c2)n1. The van der Waals surface area contributed by atoms with Gasteiger partial charge in [0.25, 0.3) is 0 Å². The molecule has 0 unspecified atom stereocenters. The van der Waals surface area contributed by atoms with Gasteiger partial charge in [-0.3, -0.25) is 0 Å². The van der Waals surface area contributed by atoms with Crippen LogP contribution in [0.3, 0.4) is 0 Å². The molecule has 1 aromatic heterocycles. The molecule has 6 heteroatoms. The van der Waals surface area contributed by atoms with E-state index in [9.17, 15) is 13.2 Å². The number of nitrogens with zero attached hydrogens (tertiary/aromatic N) is 1. The van der Waals surface area contributed by atoms with Gasteiger partial charge in [0.15, 0.2) is 0 Å². The van der Waals surface area contributed by atoms with Gasteiger partial charge in [-0.25, -0.2) is 4.98 Å². The smallest absolute Gasteiger partial charge is 0.433 e. The first kappa shape index (κ1) is 12.9. The van der Waals surface area contributed by atoms with Crippen LogP contribution in [-0.4, -0.2) is 4.98 Å². The van der Waals surface area contributed by atoms with Crippen molar-refractivity contribution in [3.63, 3.8) is 0 Å². The third kappa shape index (κ3) is 3.22. The van der Waals surface area contributed by atoms with E-state index in [2.05, 4.69) is 20.9 Å². The fourth-order valence-electron chi connectivity index (χ4n) is 1.28. The van der Waals surface area contributed by atoms with Gasteiger partial charge in [0.1, 0.15) is 11.4 Å². The van der Waals surface area contributed by atoms with Crippen LogP contribution in [0.15, 0.2) is 46.9 Å². The lowest BCUT2D eigenvalue weighted by Gasteiger charge is -2.08. The first-order chi connectivity index (χ1) is 8.45. The lowest BCUT2D eigenvalue weighted by Crippen LogP contribution is -2.07. The standard InChI is InChI=1S/C12H7BrF3NO/c13-8-3-1-4-9(7-8)18-11-6-2-5-10(17-11)12(14,15)16/h1-7H. The fourth-order valence-corrected chi connectivity index (χ4v) is 1.66. The Kier molecular flexibility index (Phi) is 3.56. The van der Waals surface area contributed by atoms with E-state index in [1.807, 2.05) is 0 Å². The lowest BCUT2D eigenvalue weighted by molar-refractivity contribution is -0.141. The molecule has 0 saturated carbocycles.